The summed E-state index contributed by atoms with van der Waals surface area (Å²) in [5, 5.41) is 9.29. The number of fused-ring (bicyclic) bond motifs is 1. The number of nitrogens with zero attached hydrogens (tertiary/aromatic N) is 1. The topological polar surface area (TPSA) is 68.0 Å². The van der Waals surface area contributed by atoms with Gasteiger partial charge in [-0.15, -0.1) is 0 Å². The Labute approximate surface area is 113 Å². The number of hydrogen-bond donors (Lipinski definition) is 2. The van der Waals surface area contributed by atoms with E-state index in [4.69, 9.17) is 15.2 Å². The molecule has 1 aromatic rings. The van der Waals surface area contributed by atoms with Gasteiger partial charge in [-0.25, -0.2) is 0 Å². The van der Waals surface area contributed by atoms with E-state index < -0.39 is 0 Å². The standard InChI is InChI=1S/C14H22N2O3/c1-16(2)14(11(15)9-17)10-4-5-12-13(8-10)19-7-3-6-18-12/h4-5,8,11,14,17H,3,6-7,9,15H2,1-2H3. The average molecular weight is 266 g/mol. The van der Waals surface area contributed by atoms with Crippen LogP contribution in [0.2, 0.25) is 0 Å². The van der Waals surface area contributed by atoms with Gasteiger partial charge in [0.25, 0.3) is 0 Å². The molecule has 2 atom stereocenters. The molecule has 0 aliphatic carbocycles. The Morgan fingerprint density at radius 1 is 1.26 bits per heavy atom. The third kappa shape index (κ3) is 3.18. The van der Waals surface area contributed by atoms with Crippen molar-refractivity contribution >= 4 is 0 Å². The number of nitrogens with two attached hydrogens (primary N) is 1. The Balaban J connectivity index is 2.30. The Hall–Kier alpha value is -1.30. The van der Waals surface area contributed by atoms with Crippen LogP contribution >= 0.6 is 0 Å². The average Bonchev–Trinajstić information content (AvgIpc) is 2.63. The molecule has 2 rings (SSSR count). The van der Waals surface area contributed by atoms with Crippen molar-refractivity contribution in [3.63, 3.8) is 0 Å². The van der Waals surface area contributed by atoms with E-state index in [9.17, 15) is 5.11 Å². The van der Waals surface area contributed by atoms with Crippen LogP contribution in [-0.4, -0.2) is 50.0 Å². The highest BCUT2D eigenvalue weighted by Gasteiger charge is 2.23. The number of hydrogen-bond acceptors (Lipinski definition) is 5. The number of aliphatic hydroxyl groups is 1. The summed E-state index contributed by atoms with van der Waals surface area (Å²) in [5.74, 6) is 1.53. The quantitative estimate of drug-likeness (QED) is 0.842. The molecular weight excluding hydrogens is 244 g/mol. The summed E-state index contributed by atoms with van der Waals surface area (Å²) in [6.45, 7) is 1.28. The number of rotatable bonds is 4. The Morgan fingerprint density at radius 2 is 1.95 bits per heavy atom. The minimum atomic E-state index is -0.334. The lowest BCUT2D eigenvalue weighted by Crippen LogP contribution is -2.39. The normalized spacial score (nSPS) is 17.9. The van der Waals surface area contributed by atoms with Gasteiger partial charge in [-0.05, 0) is 31.8 Å². The van der Waals surface area contributed by atoms with E-state index in [-0.39, 0.29) is 18.7 Å². The van der Waals surface area contributed by atoms with Gasteiger partial charge in [0.05, 0.1) is 25.9 Å². The van der Waals surface area contributed by atoms with E-state index in [0.717, 1.165) is 23.5 Å². The lowest BCUT2D eigenvalue weighted by Gasteiger charge is -2.29. The molecule has 19 heavy (non-hydrogen) atoms. The molecule has 0 saturated heterocycles. The van der Waals surface area contributed by atoms with Gasteiger partial charge >= 0.3 is 0 Å². The van der Waals surface area contributed by atoms with Crippen molar-refractivity contribution in [3.05, 3.63) is 23.8 Å². The van der Waals surface area contributed by atoms with Crippen molar-refractivity contribution in [1.29, 1.82) is 0 Å². The molecule has 1 heterocycles. The van der Waals surface area contributed by atoms with E-state index in [2.05, 4.69) is 0 Å². The second kappa shape index (κ2) is 6.23. The molecule has 1 aromatic carbocycles. The zero-order valence-corrected chi connectivity index (χ0v) is 11.5. The Bertz CT molecular complexity index is 423. The minimum absolute atomic E-state index is 0.0536. The van der Waals surface area contributed by atoms with Crippen molar-refractivity contribution in [2.24, 2.45) is 5.73 Å². The minimum Gasteiger partial charge on any atom is -0.490 e. The van der Waals surface area contributed by atoms with E-state index in [1.165, 1.54) is 0 Å². The van der Waals surface area contributed by atoms with E-state index in [1.807, 2.05) is 37.2 Å². The summed E-state index contributed by atoms with van der Waals surface area (Å²) in [4.78, 5) is 2.00. The highest BCUT2D eigenvalue weighted by atomic mass is 16.5. The molecule has 0 amide bonds. The first-order valence-electron chi connectivity index (χ1n) is 6.56. The Kier molecular flexibility index (Phi) is 4.63. The second-order valence-corrected chi connectivity index (χ2v) is 5.01. The van der Waals surface area contributed by atoms with Crippen LogP contribution in [-0.2, 0) is 0 Å². The van der Waals surface area contributed by atoms with Gasteiger partial charge in [-0.3, -0.25) is 0 Å². The van der Waals surface area contributed by atoms with Crippen molar-refractivity contribution in [1.82, 2.24) is 4.90 Å². The summed E-state index contributed by atoms with van der Waals surface area (Å²) in [5.41, 5.74) is 7.02. The first kappa shape index (κ1) is 14.1. The third-order valence-corrected chi connectivity index (χ3v) is 3.29. The molecule has 0 aromatic heterocycles. The molecular formula is C14H22N2O3. The van der Waals surface area contributed by atoms with Gasteiger partial charge in [0.1, 0.15) is 0 Å². The number of benzene rings is 1. The van der Waals surface area contributed by atoms with Gasteiger partial charge < -0.3 is 25.2 Å². The first-order chi connectivity index (χ1) is 9.13. The molecule has 0 saturated carbocycles. The molecule has 5 nitrogen and oxygen atoms in total. The molecule has 0 fully saturated rings. The molecule has 106 valence electrons. The summed E-state index contributed by atoms with van der Waals surface area (Å²) in [6, 6.07) is 5.47. The van der Waals surface area contributed by atoms with Crippen LogP contribution in [0.3, 0.4) is 0 Å². The summed E-state index contributed by atoms with van der Waals surface area (Å²) in [7, 11) is 3.90. The van der Waals surface area contributed by atoms with Crippen molar-refractivity contribution in [2.45, 2.75) is 18.5 Å². The maximum Gasteiger partial charge on any atom is 0.161 e. The molecule has 0 radical (unpaired) electrons. The molecule has 2 unspecified atom stereocenters. The fraction of sp³-hybridized carbons (Fsp3) is 0.571. The lowest BCUT2D eigenvalue weighted by molar-refractivity contribution is 0.181. The van der Waals surface area contributed by atoms with Crippen LogP contribution in [0.15, 0.2) is 18.2 Å². The van der Waals surface area contributed by atoms with Crippen molar-refractivity contribution < 1.29 is 14.6 Å². The van der Waals surface area contributed by atoms with Crippen LogP contribution in [0.4, 0.5) is 0 Å². The van der Waals surface area contributed by atoms with Crippen LogP contribution < -0.4 is 15.2 Å². The van der Waals surface area contributed by atoms with Gasteiger partial charge in [0.2, 0.25) is 0 Å². The second-order valence-electron chi connectivity index (χ2n) is 5.01. The Morgan fingerprint density at radius 3 is 2.58 bits per heavy atom. The predicted octanol–water partition coefficient (Wildman–Crippen LogP) is 0.770. The van der Waals surface area contributed by atoms with Crippen LogP contribution in [0, 0.1) is 0 Å². The van der Waals surface area contributed by atoms with Gasteiger partial charge in [0, 0.05) is 12.5 Å². The van der Waals surface area contributed by atoms with Gasteiger partial charge in [-0.1, -0.05) is 6.07 Å². The molecule has 5 heteroatoms. The fourth-order valence-corrected chi connectivity index (χ4v) is 2.39. The molecule has 1 aliphatic rings. The summed E-state index contributed by atoms with van der Waals surface area (Å²) >= 11 is 0. The summed E-state index contributed by atoms with van der Waals surface area (Å²) in [6.07, 6.45) is 0.886. The van der Waals surface area contributed by atoms with E-state index in [0.29, 0.717) is 13.2 Å². The van der Waals surface area contributed by atoms with Crippen molar-refractivity contribution in [3.8, 4) is 11.5 Å². The van der Waals surface area contributed by atoms with Gasteiger partial charge in [0.15, 0.2) is 11.5 Å². The van der Waals surface area contributed by atoms with Crippen LogP contribution in [0.25, 0.3) is 0 Å². The predicted molar refractivity (Wildman–Crippen MR) is 73.5 cm³/mol. The zero-order chi connectivity index (χ0) is 13.8. The first-order valence-corrected chi connectivity index (χ1v) is 6.56. The largest absolute Gasteiger partial charge is 0.490 e. The number of likely N-dealkylation sites (N-methyl/N-ethyl adjacent to an activating group) is 1. The SMILES string of the molecule is CN(C)C(c1ccc2c(c1)OCCCO2)C(N)CO. The van der Waals surface area contributed by atoms with E-state index in [1.54, 1.807) is 0 Å². The summed E-state index contributed by atoms with van der Waals surface area (Å²) < 4.78 is 11.3. The maximum absolute atomic E-state index is 9.29. The van der Waals surface area contributed by atoms with Crippen LogP contribution in [0.1, 0.15) is 18.0 Å². The zero-order valence-electron chi connectivity index (χ0n) is 11.5. The maximum atomic E-state index is 9.29. The fourth-order valence-electron chi connectivity index (χ4n) is 2.39. The molecule has 0 bridgehead atoms. The lowest BCUT2D eigenvalue weighted by atomic mass is 9.99. The molecule has 3 N–H and O–H groups in total. The molecule has 1 aliphatic heterocycles. The smallest absolute Gasteiger partial charge is 0.161 e. The number of ether oxygens (including phenoxy) is 2. The van der Waals surface area contributed by atoms with E-state index >= 15 is 0 Å². The van der Waals surface area contributed by atoms with Crippen molar-refractivity contribution in [2.75, 3.05) is 33.9 Å². The molecule has 0 spiro atoms. The van der Waals surface area contributed by atoms with Crippen LogP contribution in [0.5, 0.6) is 11.5 Å². The third-order valence-electron chi connectivity index (χ3n) is 3.29. The highest BCUT2D eigenvalue weighted by Crippen LogP contribution is 2.34. The highest BCUT2D eigenvalue weighted by molar-refractivity contribution is 5.44. The van der Waals surface area contributed by atoms with Gasteiger partial charge in [-0.2, -0.15) is 0 Å². The monoisotopic (exact) mass is 266 g/mol. The number of aliphatic hydroxyl groups excluding tert-OH is 1.